The molecule has 0 fully saturated rings. The van der Waals surface area contributed by atoms with Gasteiger partial charge in [0, 0.05) is 11.8 Å². The second-order valence-corrected chi connectivity index (χ2v) is 10.3. The van der Waals surface area contributed by atoms with Crippen molar-refractivity contribution in [2.75, 3.05) is 23.2 Å². The van der Waals surface area contributed by atoms with Crippen molar-refractivity contribution in [3.63, 3.8) is 0 Å². The molecule has 0 saturated carbocycles. The molecule has 0 bridgehead atoms. The number of aliphatic carboxylic acids is 1. The number of carbonyl (C=O) groups is 3. The van der Waals surface area contributed by atoms with Crippen molar-refractivity contribution >= 4 is 62.1 Å². The molecule has 3 aromatic carbocycles. The summed E-state index contributed by atoms with van der Waals surface area (Å²) in [4.78, 5) is 35.5. The van der Waals surface area contributed by atoms with Gasteiger partial charge in [0.05, 0.1) is 40.5 Å². The van der Waals surface area contributed by atoms with Crippen LogP contribution in [0.5, 0.6) is 5.75 Å². The highest BCUT2D eigenvalue weighted by Gasteiger charge is 2.23. The largest absolute Gasteiger partial charge is 0.494 e. The number of carboxylic acid groups (broad SMARTS) is 1. The average Bonchev–Trinajstić information content (AvgIpc) is 2.97. The number of hydrogen-bond donors (Lipinski definition) is 5. The number of anilines is 3. The second-order valence-electron chi connectivity index (χ2n) is 8.88. The van der Waals surface area contributed by atoms with Crippen LogP contribution in [0.15, 0.2) is 110 Å². The maximum atomic E-state index is 12.6. The molecule has 5 N–H and O–H groups in total. The number of azo groups is 1. The van der Waals surface area contributed by atoms with Crippen LogP contribution in [0.1, 0.15) is 6.92 Å². The van der Waals surface area contributed by atoms with Gasteiger partial charge in [0.15, 0.2) is 5.78 Å². The second kappa shape index (κ2) is 12.9. The van der Waals surface area contributed by atoms with Gasteiger partial charge in [0.25, 0.3) is 10.1 Å². The molecule has 0 unspecified atom stereocenters. The summed E-state index contributed by atoms with van der Waals surface area (Å²) in [7, 11) is -2.97. The molecule has 15 heteroatoms. The van der Waals surface area contributed by atoms with Gasteiger partial charge < -0.3 is 20.5 Å². The summed E-state index contributed by atoms with van der Waals surface area (Å²) in [5, 5.41) is 26.7. The summed E-state index contributed by atoms with van der Waals surface area (Å²) in [6, 6.07) is 15.9. The summed E-state index contributed by atoms with van der Waals surface area (Å²) in [6.07, 6.45) is 2.65. The molecule has 2 amide bonds. The van der Waals surface area contributed by atoms with Crippen molar-refractivity contribution in [1.82, 2.24) is 0 Å². The van der Waals surface area contributed by atoms with Crippen molar-refractivity contribution in [2.45, 2.75) is 11.8 Å². The number of hydrogen-bond acceptors (Lipinski definition) is 10. The van der Waals surface area contributed by atoms with Crippen LogP contribution in [0.25, 0.3) is 0 Å². The lowest BCUT2D eigenvalue weighted by molar-refractivity contribution is -0.134. The van der Waals surface area contributed by atoms with Crippen LogP contribution in [-0.2, 0) is 19.7 Å². The molecule has 0 atom stereocenters. The zero-order chi connectivity index (χ0) is 31.1. The van der Waals surface area contributed by atoms with Crippen LogP contribution in [0, 0.1) is 0 Å². The average molecular weight is 605 g/mol. The first-order valence-corrected chi connectivity index (χ1v) is 13.7. The monoisotopic (exact) mass is 604 g/mol. The van der Waals surface area contributed by atoms with Gasteiger partial charge >= 0.3 is 12.0 Å². The first-order chi connectivity index (χ1) is 20.4. The molecule has 43 heavy (non-hydrogen) atoms. The number of benzene rings is 3. The molecule has 0 spiro atoms. The number of amides is 2. The van der Waals surface area contributed by atoms with E-state index in [-0.39, 0.29) is 33.2 Å². The third-order valence-electron chi connectivity index (χ3n) is 5.78. The van der Waals surface area contributed by atoms with Crippen LogP contribution in [0.3, 0.4) is 0 Å². The molecule has 14 nitrogen and oxygen atoms in total. The lowest BCUT2D eigenvalue weighted by atomic mass is 9.97. The number of nitrogens with one attached hydrogen (secondary N) is 3. The third-order valence-corrected chi connectivity index (χ3v) is 6.63. The van der Waals surface area contributed by atoms with Gasteiger partial charge in [0.2, 0.25) is 0 Å². The first kappa shape index (κ1) is 30.3. The van der Waals surface area contributed by atoms with E-state index in [0.717, 1.165) is 0 Å². The van der Waals surface area contributed by atoms with E-state index in [1.54, 1.807) is 36.4 Å². The quantitative estimate of drug-likeness (QED) is 0.0704. The highest BCUT2D eigenvalue weighted by atomic mass is 32.2. The smallest absolute Gasteiger partial charge is 0.339 e. The van der Waals surface area contributed by atoms with Crippen LogP contribution in [0.2, 0.25) is 0 Å². The molecule has 220 valence electrons. The zero-order valence-electron chi connectivity index (χ0n) is 22.6. The topological polar surface area (TPSA) is 208 Å². The predicted molar refractivity (Wildman–Crippen MR) is 158 cm³/mol. The van der Waals surface area contributed by atoms with E-state index >= 15 is 0 Å². The number of carbonyl (C=O) groups excluding carboxylic acids is 2. The number of urea groups is 1. The van der Waals surface area contributed by atoms with Crippen LogP contribution >= 0.6 is 0 Å². The molecule has 0 radical (unpaired) electrons. The Labute approximate surface area is 245 Å². The number of ketones is 1. The van der Waals surface area contributed by atoms with E-state index in [0.29, 0.717) is 22.7 Å². The molecular weight excluding hydrogens is 580 g/mol. The number of hydrazone groups is 1. The maximum absolute atomic E-state index is 12.6. The van der Waals surface area contributed by atoms with Crippen molar-refractivity contribution in [1.29, 1.82) is 0 Å². The molecular formula is C28H24N6O8S. The highest BCUT2D eigenvalue weighted by Crippen LogP contribution is 2.31. The predicted octanol–water partition coefficient (Wildman–Crippen LogP) is 5.31. The van der Waals surface area contributed by atoms with Gasteiger partial charge in [-0.3, -0.25) is 14.8 Å². The fraction of sp³-hybridized carbons (Fsp3) is 0.0714. The van der Waals surface area contributed by atoms with Gasteiger partial charge in [-0.25, -0.2) is 9.59 Å². The summed E-state index contributed by atoms with van der Waals surface area (Å²) in [5.74, 6) is -1.62. The Morgan fingerprint density at radius 2 is 1.56 bits per heavy atom. The standard InChI is InChI=1S/C28H24N6O8S/c1-16-12-21(14-23(26(16)35)27(36)37)34-31-18-8-6-17(7-9-18)29-28(38)30-24-11-10-20(15-25(24)42-2)33-32-19-4-3-5-22(13-19)43(39,40)41/h3-15,31H,1-2H3,(H,36,37)(H2,29,30,38)(H,39,40,41)/b33-32?,34-21+. The van der Waals surface area contributed by atoms with Gasteiger partial charge in [-0.15, -0.1) is 0 Å². The minimum Gasteiger partial charge on any atom is -0.494 e. The van der Waals surface area contributed by atoms with Crippen molar-refractivity contribution < 1.29 is 37.2 Å². The van der Waals surface area contributed by atoms with Crippen LogP contribution < -0.4 is 20.8 Å². The van der Waals surface area contributed by atoms with E-state index in [2.05, 4.69) is 31.4 Å². The Kier molecular flexibility index (Phi) is 9.08. The zero-order valence-corrected chi connectivity index (χ0v) is 23.4. The van der Waals surface area contributed by atoms with Crippen LogP contribution in [-0.4, -0.2) is 48.7 Å². The molecule has 0 saturated heterocycles. The summed E-state index contributed by atoms with van der Waals surface area (Å²) in [5.41, 5.74) is 4.82. The molecule has 0 aromatic heterocycles. The van der Waals surface area contributed by atoms with E-state index in [4.69, 9.17) is 4.74 Å². The normalized spacial score (nSPS) is 14.2. The van der Waals surface area contributed by atoms with Crippen LogP contribution in [0.4, 0.5) is 33.2 Å². The maximum Gasteiger partial charge on any atom is 0.339 e. The Bertz CT molecular complexity index is 1830. The molecule has 0 heterocycles. The lowest BCUT2D eigenvalue weighted by Gasteiger charge is -2.12. The number of methoxy groups -OCH3 is 1. The van der Waals surface area contributed by atoms with Gasteiger partial charge in [-0.1, -0.05) is 6.07 Å². The summed E-state index contributed by atoms with van der Waals surface area (Å²) in [6.45, 7) is 1.51. The number of Topliss-reactive ketones (excluding diaryl/α,β-unsaturated/α-hetero) is 1. The van der Waals surface area contributed by atoms with Crippen molar-refractivity contribution in [3.05, 3.63) is 90.0 Å². The summed E-state index contributed by atoms with van der Waals surface area (Å²) < 4.78 is 37.2. The molecule has 1 aliphatic carbocycles. The number of ether oxygens (including phenoxy) is 1. The minimum absolute atomic E-state index is 0.200. The van der Waals surface area contributed by atoms with Crippen molar-refractivity contribution in [2.24, 2.45) is 15.3 Å². The Morgan fingerprint density at radius 1 is 0.884 bits per heavy atom. The molecule has 3 aromatic rings. The molecule has 0 aliphatic heterocycles. The van der Waals surface area contributed by atoms with E-state index < -0.39 is 27.9 Å². The molecule has 1 aliphatic rings. The minimum atomic E-state index is -4.38. The van der Waals surface area contributed by atoms with Gasteiger partial charge in [-0.2, -0.15) is 23.7 Å². The Hall–Kier alpha value is -5.67. The van der Waals surface area contributed by atoms with Crippen molar-refractivity contribution in [3.8, 4) is 5.75 Å². The van der Waals surface area contributed by atoms with E-state index in [1.165, 1.54) is 56.5 Å². The summed E-state index contributed by atoms with van der Waals surface area (Å²) >= 11 is 0. The SMILES string of the molecule is COc1cc(N=Nc2cccc(S(=O)(=O)O)c2)ccc1NC(=O)Nc1ccc(N/N=C2\C=C(C)C(=O)C(C(=O)O)=C2)cc1. The number of nitrogens with zero attached hydrogens (tertiary/aromatic N) is 3. The highest BCUT2D eigenvalue weighted by molar-refractivity contribution is 7.85. The molecule has 4 rings (SSSR count). The number of rotatable bonds is 9. The lowest BCUT2D eigenvalue weighted by Crippen LogP contribution is -2.19. The number of allylic oxidation sites excluding steroid dienone is 3. The van der Waals surface area contributed by atoms with E-state index in [9.17, 15) is 32.5 Å². The first-order valence-electron chi connectivity index (χ1n) is 12.3. The third kappa shape index (κ3) is 7.96. The van der Waals surface area contributed by atoms with Gasteiger partial charge in [0.1, 0.15) is 11.3 Å². The Morgan fingerprint density at radius 3 is 2.21 bits per heavy atom. The number of carboxylic acids is 1. The Balaban J connectivity index is 1.37. The van der Waals surface area contributed by atoms with Gasteiger partial charge in [-0.05, 0) is 79.2 Å². The van der Waals surface area contributed by atoms with E-state index in [1.807, 2.05) is 0 Å². The fourth-order valence-corrected chi connectivity index (χ4v) is 4.21. The fourth-order valence-electron chi connectivity index (χ4n) is 3.69.